The van der Waals surface area contributed by atoms with Gasteiger partial charge in [-0.1, -0.05) is 69.7 Å². The van der Waals surface area contributed by atoms with Gasteiger partial charge in [-0.15, -0.1) is 12.8 Å². The highest BCUT2D eigenvalue weighted by Crippen LogP contribution is 2.27. The fourth-order valence-electron chi connectivity index (χ4n) is 3.89. The molecular formula is C39H52F4N4O2. The second-order valence-electron chi connectivity index (χ2n) is 10.1. The number of aromatic nitrogens is 1. The van der Waals surface area contributed by atoms with Gasteiger partial charge in [0.1, 0.15) is 17.5 Å². The van der Waals surface area contributed by atoms with Gasteiger partial charge in [-0.05, 0) is 52.3 Å². The molecule has 49 heavy (non-hydrogen) atoms. The highest BCUT2D eigenvalue weighted by molar-refractivity contribution is 6.00. The van der Waals surface area contributed by atoms with E-state index in [1.165, 1.54) is 42.9 Å². The normalized spacial score (nSPS) is 10.4. The van der Waals surface area contributed by atoms with E-state index in [2.05, 4.69) is 43.7 Å². The minimum atomic E-state index is -0.739. The Balaban J connectivity index is 0. The van der Waals surface area contributed by atoms with Crippen LogP contribution in [0.4, 0.5) is 23.2 Å². The molecule has 0 saturated carbocycles. The smallest absolute Gasteiger partial charge is 0.200 e. The van der Waals surface area contributed by atoms with E-state index in [9.17, 15) is 18.0 Å². The number of benzene rings is 2. The third kappa shape index (κ3) is 15.7. The van der Waals surface area contributed by atoms with Crippen LogP contribution in [0.2, 0.25) is 0 Å². The number of hydrogen-bond acceptors (Lipinski definition) is 4. The van der Waals surface area contributed by atoms with Crippen molar-refractivity contribution in [2.75, 3.05) is 25.7 Å². The number of terminal acetylenes is 1. The molecule has 0 saturated heterocycles. The minimum absolute atomic E-state index is 0.0511. The van der Waals surface area contributed by atoms with Crippen LogP contribution < -0.4 is 15.8 Å². The number of aliphatic imine (C=N–C) groups is 1. The van der Waals surface area contributed by atoms with E-state index in [-0.39, 0.29) is 34.6 Å². The van der Waals surface area contributed by atoms with Crippen molar-refractivity contribution in [3.63, 3.8) is 0 Å². The highest BCUT2D eigenvalue weighted by Gasteiger charge is 2.19. The Hall–Kier alpha value is -4.88. The quantitative estimate of drug-likeness (QED) is 0.0439. The lowest BCUT2D eigenvalue weighted by atomic mass is 10.1. The number of pyridine rings is 1. The lowest BCUT2D eigenvalue weighted by Crippen LogP contribution is -2.31. The van der Waals surface area contributed by atoms with Gasteiger partial charge in [-0.25, -0.2) is 18.7 Å². The molecule has 0 amide bonds. The molecule has 0 unspecified atom stereocenters. The van der Waals surface area contributed by atoms with Gasteiger partial charge in [0.05, 0.1) is 37.1 Å². The molecule has 0 bridgehead atoms. The molecule has 0 aliphatic heterocycles. The van der Waals surface area contributed by atoms with Gasteiger partial charge in [0.25, 0.3) is 0 Å². The summed E-state index contributed by atoms with van der Waals surface area (Å²) in [5.41, 5.74) is 3.90. The fourth-order valence-corrected chi connectivity index (χ4v) is 3.89. The van der Waals surface area contributed by atoms with Gasteiger partial charge in [0, 0.05) is 42.7 Å². The van der Waals surface area contributed by atoms with Crippen molar-refractivity contribution < 1.29 is 22.4 Å². The first kappa shape index (κ1) is 46.2. The van der Waals surface area contributed by atoms with E-state index < -0.39 is 22.9 Å². The zero-order chi connectivity index (χ0) is 37.9. The number of halogens is 4. The Labute approximate surface area is 290 Å². The predicted octanol–water partition coefficient (Wildman–Crippen LogP) is 10.0. The average Bonchev–Trinajstić information content (AvgIpc) is 3.09. The summed E-state index contributed by atoms with van der Waals surface area (Å²) in [5, 5.41) is 0.0657. The molecule has 1 heterocycles. The van der Waals surface area contributed by atoms with E-state index in [1.807, 2.05) is 58.9 Å². The Kier molecular flexibility index (Phi) is 25.6. The third-order valence-corrected chi connectivity index (χ3v) is 5.83. The first-order valence-electron chi connectivity index (χ1n) is 15.7. The van der Waals surface area contributed by atoms with Gasteiger partial charge in [-0.2, -0.15) is 0 Å². The molecule has 0 fully saturated rings. The Bertz CT molecular complexity index is 1610. The van der Waals surface area contributed by atoms with Crippen molar-refractivity contribution >= 4 is 22.4 Å². The van der Waals surface area contributed by atoms with Crippen LogP contribution in [0, 0.1) is 30.3 Å². The molecule has 0 aliphatic carbocycles. The summed E-state index contributed by atoms with van der Waals surface area (Å²) in [6.45, 7) is 18.0. The van der Waals surface area contributed by atoms with Crippen LogP contribution in [0.5, 0.6) is 0 Å². The number of alkyl halides is 1. The number of amidine groups is 1. The lowest BCUT2D eigenvalue weighted by Gasteiger charge is -2.20. The number of anilines is 1. The second-order valence-corrected chi connectivity index (χ2v) is 10.1. The summed E-state index contributed by atoms with van der Waals surface area (Å²) in [6, 6.07) is 5.92. The number of fused-ring (bicyclic) bond motifs is 1. The van der Waals surface area contributed by atoms with E-state index in [0.717, 1.165) is 30.2 Å². The molecule has 2 aromatic carbocycles. The molecule has 6 nitrogen and oxygen atoms in total. The van der Waals surface area contributed by atoms with Crippen molar-refractivity contribution in [2.24, 2.45) is 4.99 Å². The molecule has 0 aliphatic rings. The summed E-state index contributed by atoms with van der Waals surface area (Å²) < 4.78 is 54.4. The summed E-state index contributed by atoms with van der Waals surface area (Å²) in [6.07, 6.45) is 22.6. The van der Waals surface area contributed by atoms with E-state index in [0.29, 0.717) is 19.3 Å². The molecule has 0 atom stereocenters. The van der Waals surface area contributed by atoms with Crippen LogP contribution in [0.3, 0.4) is 0 Å². The largest absolute Gasteiger partial charge is 0.342 e. The molecule has 268 valence electrons. The first-order valence-corrected chi connectivity index (χ1v) is 15.7. The average molecular weight is 685 g/mol. The number of allylic oxidation sites excluding steroid dienone is 5. The van der Waals surface area contributed by atoms with Gasteiger partial charge in [0.2, 0.25) is 0 Å². The Morgan fingerprint density at radius 1 is 1.02 bits per heavy atom. The van der Waals surface area contributed by atoms with Gasteiger partial charge >= 0.3 is 0 Å². The summed E-state index contributed by atoms with van der Waals surface area (Å²) >= 11 is 0. The third-order valence-electron chi connectivity index (χ3n) is 5.83. The molecule has 1 aromatic heterocycles. The molecule has 0 radical (unpaired) electrons. The summed E-state index contributed by atoms with van der Waals surface area (Å²) in [4.78, 5) is 24.4. The van der Waals surface area contributed by atoms with Crippen LogP contribution in [0.15, 0.2) is 95.2 Å². The number of nitrogens with one attached hydrogen (secondary N) is 1. The SMILES string of the molecule is C#C.C/C=C\C=C/C.C=CN(C=C(C)C)c1cc2c(cc1F)c(=O)c(C(=NC)NOCCC)cn2Cc1ccc(F)cc1F.CCC.CF. The van der Waals surface area contributed by atoms with E-state index in [1.54, 1.807) is 10.8 Å². The summed E-state index contributed by atoms with van der Waals surface area (Å²) in [5.74, 6) is -1.94. The van der Waals surface area contributed by atoms with Crippen LogP contribution in [0.25, 0.3) is 10.9 Å². The van der Waals surface area contributed by atoms with Crippen molar-refractivity contribution in [1.29, 1.82) is 0 Å². The first-order chi connectivity index (χ1) is 23.5. The molecular weight excluding hydrogens is 632 g/mol. The van der Waals surface area contributed by atoms with Crippen LogP contribution in [-0.2, 0) is 11.4 Å². The zero-order valence-corrected chi connectivity index (χ0v) is 30.3. The van der Waals surface area contributed by atoms with E-state index in [4.69, 9.17) is 4.84 Å². The molecule has 3 aromatic rings. The van der Waals surface area contributed by atoms with Gasteiger partial charge in [0.15, 0.2) is 11.3 Å². The predicted molar refractivity (Wildman–Crippen MR) is 200 cm³/mol. The highest BCUT2D eigenvalue weighted by atomic mass is 19.1. The maximum absolute atomic E-state index is 15.3. The number of rotatable bonds is 10. The standard InChI is InChI=1S/C27H29F3N4O2.C6H10.C3H8.C2H2.CH3F/c1-6-10-36-32-27(31-5)21-16-34(15-18-8-9-19(28)11-22(18)29)24-13-25(33(7-2)14-17(3)4)23(30)12-20(24)26(21)35;1-3-5-6-4-2;1-3-2;2*1-2/h7-9,11-14,16H,2,6,10,15H2,1,3-5H3,(H,31,32);3-6H,1-2H3;3H2,1-2H3;1-2H;1H3/b;5-3-,6-4-;;;. The Morgan fingerprint density at radius 3 is 2.08 bits per heavy atom. The van der Waals surface area contributed by atoms with Crippen LogP contribution in [0.1, 0.15) is 72.4 Å². The van der Waals surface area contributed by atoms with E-state index >= 15 is 4.39 Å². The molecule has 10 heteroatoms. The monoisotopic (exact) mass is 684 g/mol. The maximum atomic E-state index is 15.3. The summed E-state index contributed by atoms with van der Waals surface area (Å²) in [7, 11) is 1.98. The maximum Gasteiger partial charge on any atom is 0.200 e. The second kappa shape index (κ2) is 27.1. The Morgan fingerprint density at radius 2 is 1.61 bits per heavy atom. The van der Waals surface area contributed by atoms with Crippen molar-refractivity contribution in [3.05, 3.63) is 124 Å². The molecule has 0 spiro atoms. The van der Waals surface area contributed by atoms with Crippen molar-refractivity contribution in [1.82, 2.24) is 10.0 Å². The number of hydrogen-bond donors (Lipinski definition) is 1. The number of nitrogens with zero attached hydrogens (tertiary/aromatic N) is 3. The van der Waals surface area contributed by atoms with Gasteiger partial charge < -0.3 is 9.47 Å². The fraction of sp³-hybridized carbons (Fsp3) is 0.333. The number of hydroxylamine groups is 1. The minimum Gasteiger partial charge on any atom is -0.342 e. The van der Waals surface area contributed by atoms with Crippen molar-refractivity contribution in [3.8, 4) is 12.8 Å². The van der Waals surface area contributed by atoms with Crippen LogP contribution >= 0.6 is 0 Å². The van der Waals surface area contributed by atoms with Gasteiger partial charge in [-0.3, -0.25) is 19.0 Å². The van der Waals surface area contributed by atoms with Crippen molar-refractivity contribution in [2.45, 2.75) is 67.9 Å². The zero-order valence-electron chi connectivity index (χ0n) is 30.3. The molecule has 1 N–H and O–H groups in total. The molecule has 3 rings (SSSR count). The lowest BCUT2D eigenvalue weighted by molar-refractivity contribution is 0.0858. The topological polar surface area (TPSA) is 58.9 Å². The van der Waals surface area contributed by atoms with Crippen LogP contribution in [-0.4, -0.2) is 31.2 Å².